The third-order valence-electron chi connectivity index (χ3n) is 1.88. The van der Waals surface area contributed by atoms with Gasteiger partial charge < -0.3 is 4.74 Å². The predicted octanol–water partition coefficient (Wildman–Crippen LogP) is 0.930. The van der Waals surface area contributed by atoms with E-state index in [2.05, 4.69) is 0 Å². The van der Waals surface area contributed by atoms with Crippen LogP contribution < -0.4 is 0 Å². The summed E-state index contributed by atoms with van der Waals surface area (Å²) in [7, 11) is -3.54. The Bertz CT molecular complexity index is 370. The minimum atomic E-state index is -3.54. The fraction of sp³-hybridized carbons (Fsp3) is 0.889. The van der Waals surface area contributed by atoms with Gasteiger partial charge >= 0.3 is 6.09 Å². The van der Waals surface area contributed by atoms with Crippen molar-refractivity contribution in [3.8, 4) is 0 Å². The zero-order valence-electron chi connectivity index (χ0n) is 9.89. The number of carbonyl (C=O) groups excluding carboxylic acids is 1. The molecule has 6 nitrogen and oxygen atoms in total. The Kier molecular flexibility index (Phi) is 3.49. The summed E-state index contributed by atoms with van der Waals surface area (Å²) in [5, 5.41) is 0. The summed E-state index contributed by atoms with van der Waals surface area (Å²) in [6, 6.07) is 0. The maximum absolute atomic E-state index is 11.6. The van der Waals surface area contributed by atoms with Gasteiger partial charge in [-0.05, 0) is 20.8 Å². The number of nitrogens with zero attached hydrogens (tertiary/aromatic N) is 1. The van der Waals surface area contributed by atoms with E-state index in [1.54, 1.807) is 20.8 Å². The minimum absolute atomic E-state index is 0.453. The van der Waals surface area contributed by atoms with E-state index in [1.807, 2.05) is 0 Å². The normalized spacial score (nSPS) is 21.5. The standard InChI is InChI=1S/C9H17NO5S/c1-9(2,3)14-8(11)10-6-5-7(10)15-16(4,12)13/h7H,5-6H2,1-4H3. The minimum Gasteiger partial charge on any atom is -0.444 e. The highest BCUT2D eigenvalue weighted by atomic mass is 32.2. The van der Waals surface area contributed by atoms with E-state index < -0.39 is 28.0 Å². The van der Waals surface area contributed by atoms with Gasteiger partial charge in [-0.15, -0.1) is 0 Å². The van der Waals surface area contributed by atoms with Crippen molar-refractivity contribution >= 4 is 16.2 Å². The number of ether oxygens (including phenoxy) is 1. The molecule has 0 saturated carbocycles. The number of rotatable bonds is 2. The van der Waals surface area contributed by atoms with E-state index in [0.29, 0.717) is 13.0 Å². The molecular weight excluding hydrogens is 234 g/mol. The zero-order valence-corrected chi connectivity index (χ0v) is 10.7. The van der Waals surface area contributed by atoms with Crippen molar-refractivity contribution in [2.24, 2.45) is 0 Å². The van der Waals surface area contributed by atoms with Crippen molar-refractivity contribution in [1.29, 1.82) is 0 Å². The number of hydrogen-bond donors (Lipinski definition) is 0. The molecule has 0 spiro atoms. The highest BCUT2D eigenvalue weighted by Crippen LogP contribution is 2.23. The smallest absolute Gasteiger partial charge is 0.412 e. The number of amides is 1. The number of hydrogen-bond acceptors (Lipinski definition) is 5. The van der Waals surface area contributed by atoms with Gasteiger partial charge in [0.2, 0.25) is 0 Å². The quantitative estimate of drug-likeness (QED) is 0.683. The van der Waals surface area contributed by atoms with Crippen molar-refractivity contribution in [2.75, 3.05) is 12.8 Å². The Morgan fingerprint density at radius 3 is 2.25 bits per heavy atom. The third kappa shape index (κ3) is 3.97. The Morgan fingerprint density at radius 2 is 1.94 bits per heavy atom. The molecule has 1 saturated heterocycles. The molecule has 0 bridgehead atoms. The average molecular weight is 251 g/mol. The van der Waals surface area contributed by atoms with E-state index in [0.717, 1.165) is 6.26 Å². The lowest BCUT2D eigenvalue weighted by Gasteiger charge is -2.39. The fourth-order valence-corrected chi connectivity index (χ4v) is 1.80. The molecule has 1 unspecified atom stereocenters. The molecule has 0 aliphatic carbocycles. The fourth-order valence-electron chi connectivity index (χ4n) is 1.19. The van der Waals surface area contributed by atoms with Crippen LogP contribution in [0.3, 0.4) is 0 Å². The Balaban J connectivity index is 2.53. The molecule has 1 aliphatic heterocycles. The molecule has 0 aromatic carbocycles. The molecule has 94 valence electrons. The first-order valence-electron chi connectivity index (χ1n) is 4.96. The monoisotopic (exact) mass is 251 g/mol. The average Bonchev–Trinajstić information content (AvgIpc) is 1.92. The van der Waals surface area contributed by atoms with Crippen molar-refractivity contribution in [3.05, 3.63) is 0 Å². The summed E-state index contributed by atoms with van der Waals surface area (Å²) in [6.07, 6.45) is 0.197. The number of carbonyl (C=O) groups is 1. The summed E-state index contributed by atoms with van der Waals surface area (Å²) in [4.78, 5) is 12.8. The van der Waals surface area contributed by atoms with Gasteiger partial charge in [-0.2, -0.15) is 8.42 Å². The first-order chi connectivity index (χ1) is 7.08. The van der Waals surface area contributed by atoms with Crippen LogP contribution in [0, 0.1) is 0 Å². The first kappa shape index (κ1) is 13.2. The summed E-state index contributed by atoms with van der Waals surface area (Å²) in [5.74, 6) is 0. The molecule has 1 fully saturated rings. The van der Waals surface area contributed by atoms with Crippen LogP contribution >= 0.6 is 0 Å². The van der Waals surface area contributed by atoms with Crippen LogP contribution in [0.25, 0.3) is 0 Å². The maximum Gasteiger partial charge on any atom is 0.412 e. The maximum atomic E-state index is 11.6. The summed E-state index contributed by atoms with van der Waals surface area (Å²) >= 11 is 0. The van der Waals surface area contributed by atoms with E-state index in [-0.39, 0.29) is 0 Å². The van der Waals surface area contributed by atoms with E-state index in [4.69, 9.17) is 8.92 Å². The highest BCUT2D eigenvalue weighted by molar-refractivity contribution is 7.86. The SMILES string of the molecule is CC(C)(C)OC(=O)N1CCC1OS(C)(=O)=O. The molecule has 7 heteroatoms. The predicted molar refractivity (Wildman–Crippen MR) is 57.3 cm³/mol. The van der Waals surface area contributed by atoms with Gasteiger partial charge in [-0.25, -0.2) is 8.98 Å². The zero-order chi connectivity index (χ0) is 12.6. The molecule has 0 aromatic rings. The molecule has 0 aromatic heterocycles. The van der Waals surface area contributed by atoms with Gasteiger partial charge in [0.05, 0.1) is 6.26 Å². The Labute approximate surface area is 95.6 Å². The summed E-state index contributed by atoms with van der Waals surface area (Å²) in [5.41, 5.74) is -0.595. The van der Waals surface area contributed by atoms with E-state index >= 15 is 0 Å². The molecule has 1 amide bonds. The Hall–Kier alpha value is -0.820. The lowest BCUT2D eigenvalue weighted by atomic mass is 10.2. The van der Waals surface area contributed by atoms with Crippen molar-refractivity contribution in [2.45, 2.75) is 39.0 Å². The number of likely N-dealkylation sites (tertiary alicyclic amines) is 1. The topological polar surface area (TPSA) is 72.9 Å². The molecule has 1 heterocycles. The van der Waals surface area contributed by atoms with Crippen LogP contribution in [0.5, 0.6) is 0 Å². The van der Waals surface area contributed by atoms with Crippen LogP contribution in [-0.2, 0) is 19.0 Å². The van der Waals surface area contributed by atoms with Crippen LogP contribution in [-0.4, -0.2) is 44.0 Å². The van der Waals surface area contributed by atoms with E-state index in [1.165, 1.54) is 4.90 Å². The van der Waals surface area contributed by atoms with Crippen molar-refractivity contribution < 1.29 is 22.1 Å². The lowest BCUT2D eigenvalue weighted by Crippen LogP contribution is -2.54. The van der Waals surface area contributed by atoms with Gasteiger partial charge in [0.25, 0.3) is 10.1 Å². The second-order valence-corrected chi connectivity index (χ2v) is 6.32. The summed E-state index contributed by atoms with van der Waals surface area (Å²) in [6.45, 7) is 5.69. The molecular formula is C9H17NO5S. The van der Waals surface area contributed by atoms with Gasteiger partial charge in [0.1, 0.15) is 5.60 Å². The molecule has 1 atom stereocenters. The largest absolute Gasteiger partial charge is 0.444 e. The van der Waals surface area contributed by atoms with E-state index in [9.17, 15) is 13.2 Å². The van der Waals surface area contributed by atoms with Gasteiger partial charge in [0.15, 0.2) is 6.23 Å². The molecule has 1 rings (SSSR count). The third-order valence-corrected chi connectivity index (χ3v) is 2.45. The Morgan fingerprint density at radius 1 is 1.38 bits per heavy atom. The van der Waals surface area contributed by atoms with Gasteiger partial charge in [-0.1, -0.05) is 0 Å². The van der Waals surface area contributed by atoms with Crippen LogP contribution in [0.15, 0.2) is 0 Å². The second-order valence-electron chi connectivity index (χ2n) is 4.72. The van der Waals surface area contributed by atoms with Crippen LogP contribution in [0.2, 0.25) is 0 Å². The highest BCUT2D eigenvalue weighted by Gasteiger charge is 2.38. The first-order valence-corrected chi connectivity index (χ1v) is 6.78. The lowest BCUT2D eigenvalue weighted by molar-refractivity contribution is -0.0629. The van der Waals surface area contributed by atoms with Crippen LogP contribution in [0.4, 0.5) is 4.79 Å². The molecule has 1 aliphatic rings. The molecule has 0 radical (unpaired) electrons. The van der Waals surface area contributed by atoms with Crippen molar-refractivity contribution in [3.63, 3.8) is 0 Å². The molecule has 0 N–H and O–H groups in total. The van der Waals surface area contributed by atoms with Crippen LogP contribution in [0.1, 0.15) is 27.2 Å². The molecule has 16 heavy (non-hydrogen) atoms. The van der Waals surface area contributed by atoms with Crippen molar-refractivity contribution in [1.82, 2.24) is 4.90 Å². The second kappa shape index (κ2) is 4.21. The van der Waals surface area contributed by atoms with Gasteiger partial charge in [0, 0.05) is 13.0 Å². The summed E-state index contributed by atoms with van der Waals surface area (Å²) < 4.78 is 31.6. The van der Waals surface area contributed by atoms with Gasteiger partial charge in [-0.3, -0.25) is 4.90 Å².